The van der Waals surface area contributed by atoms with Gasteiger partial charge in [0, 0.05) is 41.8 Å². The minimum absolute atomic E-state index is 0.0465. The average molecular weight is 493 g/mol. The van der Waals surface area contributed by atoms with Gasteiger partial charge in [-0.25, -0.2) is 0 Å². The SMILES string of the molecule is O=C(c1cccc(C(F)(F)F)c1)N1CCN(C(c2ccc(Cl)cc2)c2ccc(Cl)cc2)CC1. The Morgan fingerprint density at radius 3 is 1.79 bits per heavy atom. The fourth-order valence-electron chi connectivity index (χ4n) is 4.10. The van der Waals surface area contributed by atoms with E-state index >= 15 is 0 Å². The van der Waals surface area contributed by atoms with Gasteiger partial charge in [-0.15, -0.1) is 0 Å². The number of rotatable bonds is 4. The first-order valence-electron chi connectivity index (χ1n) is 10.4. The first-order valence-corrected chi connectivity index (χ1v) is 11.2. The zero-order valence-corrected chi connectivity index (χ0v) is 19.0. The first-order chi connectivity index (χ1) is 15.7. The number of hydrogen-bond donors (Lipinski definition) is 0. The van der Waals surface area contributed by atoms with E-state index in [0.717, 1.165) is 23.3 Å². The van der Waals surface area contributed by atoms with Crippen LogP contribution in [0, 0.1) is 0 Å². The summed E-state index contributed by atoms with van der Waals surface area (Å²) in [6, 6.07) is 19.8. The maximum Gasteiger partial charge on any atom is 0.416 e. The molecule has 0 unspecified atom stereocenters. The fourth-order valence-corrected chi connectivity index (χ4v) is 4.35. The van der Waals surface area contributed by atoms with E-state index in [9.17, 15) is 18.0 Å². The average Bonchev–Trinajstić information content (AvgIpc) is 2.81. The van der Waals surface area contributed by atoms with Gasteiger partial charge in [0.25, 0.3) is 5.91 Å². The monoisotopic (exact) mass is 492 g/mol. The van der Waals surface area contributed by atoms with Crippen LogP contribution in [0.1, 0.15) is 33.1 Å². The Hall–Kier alpha value is -2.54. The van der Waals surface area contributed by atoms with Crippen molar-refractivity contribution in [2.24, 2.45) is 0 Å². The second-order valence-corrected chi connectivity index (χ2v) is 8.79. The highest BCUT2D eigenvalue weighted by Crippen LogP contribution is 2.32. The number of nitrogens with zero attached hydrogens (tertiary/aromatic N) is 2. The topological polar surface area (TPSA) is 23.6 Å². The maximum atomic E-state index is 13.0. The van der Waals surface area contributed by atoms with Crippen LogP contribution >= 0.6 is 23.2 Å². The summed E-state index contributed by atoms with van der Waals surface area (Å²) in [5, 5.41) is 1.29. The zero-order valence-electron chi connectivity index (χ0n) is 17.5. The molecule has 4 rings (SSSR count). The van der Waals surface area contributed by atoms with Crippen LogP contribution in [0.4, 0.5) is 13.2 Å². The molecule has 0 aliphatic carbocycles. The number of halogens is 5. The quantitative estimate of drug-likeness (QED) is 0.411. The lowest BCUT2D eigenvalue weighted by atomic mass is 9.96. The van der Waals surface area contributed by atoms with Crippen molar-refractivity contribution >= 4 is 29.1 Å². The van der Waals surface area contributed by atoms with E-state index in [1.807, 2.05) is 48.5 Å². The molecule has 1 saturated heterocycles. The molecule has 0 N–H and O–H groups in total. The molecule has 0 bridgehead atoms. The third-order valence-electron chi connectivity index (χ3n) is 5.77. The van der Waals surface area contributed by atoms with Crippen molar-refractivity contribution in [3.8, 4) is 0 Å². The zero-order chi connectivity index (χ0) is 23.6. The summed E-state index contributed by atoms with van der Waals surface area (Å²) in [6.45, 7) is 1.96. The molecular formula is C25H21Cl2F3N2O. The van der Waals surface area contributed by atoms with E-state index in [2.05, 4.69) is 4.90 Å². The van der Waals surface area contributed by atoms with Crippen molar-refractivity contribution in [2.75, 3.05) is 26.2 Å². The van der Waals surface area contributed by atoms with E-state index in [4.69, 9.17) is 23.2 Å². The lowest BCUT2D eigenvalue weighted by Crippen LogP contribution is -2.49. The van der Waals surface area contributed by atoms with Crippen LogP contribution < -0.4 is 0 Å². The normalized spacial score (nSPS) is 15.2. The summed E-state index contributed by atoms with van der Waals surface area (Å²) in [5.41, 5.74) is 1.33. The van der Waals surface area contributed by atoms with Crippen molar-refractivity contribution in [3.63, 3.8) is 0 Å². The summed E-state index contributed by atoms with van der Waals surface area (Å²) in [5.74, 6) is -0.393. The van der Waals surface area contributed by atoms with Gasteiger partial charge in [0.2, 0.25) is 0 Å². The van der Waals surface area contributed by atoms with Crippen LogP contribution in [0.25, 0.3) is 0 Å². The molecular weight excluding hydrogens is 472 g/mol. The Morgan fingerprint density at radius 1 is 0.788 bits per heavy atom. The number of piperazine rings is 1. The molecule has 1 amide bonds. The van der Waals surface area contributed by atoms with Gasteiger partial charge in [-0.2, -0.15) is 13.2 Å². The summed E-state index contributed by atoms with van der Waals surface area (Å²) in [7, 11) is 0. The number of carbonyl (C=O) groups is 1. The molecule has 1 fully saturated rings. The van der Waals surface area contributed by atoms with Crippen molar-refractivity contribution in [1.29, 1.82) is 0 Å². The summed E-state index contributed by atoms with van der Waals surface area (Å²) in [4.78, 5) is 16.7. The minimum Gasteiger partial charge on any atom is -0.336 e. The molecule has 1 heterocycles. The molecule has 1 aliphatic heterocycles. The Morgan fingerprint density at radius 2 is 1.30 bits per heavy atom. The maximum absolute atomic E-state index is 13.0. The largest absolute Gasteiger partial charge is 0.416 e. The molecule has 0 spiro atoms. The van der Waals surface area contributed by atoms with Gasteiger partial charge in [-0.05, 0) is 53.6 Å². The summed E-state index contributed by atoms with van der Waals surface area (Å²) < 4.78 is 39.1. The molecule has 1 aliphatic rings. The Balaban J connectivity index is 1.52. The van der Waals surface area contributed by atoms with Gasteiger partial charge >= 0.3 is 6.18 Å². The van der Waals surface area contributed by atoms with Gasteiger partial charge in [-0.1, -0.05) is 53.5 Å². The van der Waals surface area contributed by atoms with Crippen LogP contribution in [0.5, 0.6) is 0 Å². The number of carbonyl (C=O) groups excluding carboxylic acids is 1. The Bertz CT molecular complexity index is 1060. The summed E-state index contributed by atoms with van der Waals surface area (Å²) in [6.07, 6.45) is -4.49. The predicted octanol–water partition coefficient (Wildman–Crippen LogP) is 6.56. The van der Waals surface area contributed by atoms with E-state index in [1.165, 1.54) is 12.1 Å². The van der Waals surface area contributed by atoms with Crippen LogP contribution in [0.15, 0.2) is 72.8 Å². The lowest BCUT2D eigenvalue weighted by molar-refractivity contribution is -0.137. The molecule has 8 heteroatoms. The molecule has 0 aromatic heterocycles. The van der Waals surface area contributed by atoms with Crippen LogP contribution in [-0.4, -0.2) is 41.9 Å². The molecule has 172 valence electrons. The highest BCUT2D eigenvalue weighted by Gasteiger charge is 2.32. The van der Waals surface area contributed by atoms with Crippen LogP contribution in [-0.2, 0) is 6.18 Å². The highest BCUT2D eigenvalue weighted by atomic mass is 35.5. The lowest BCUT2D eigenvalue weighted by Gasteiger charge is -2.40. The Kier molecular flexibility index (Phi) is 6.98. The molecule has 3 aromatic rings. The van der Waals surface area contributed by atoms with Gasteiger partial charge in [0.05, 0.1) is 11.6 Å². The van der Waals surface area contributed by atoms with E-state index in [1.54, 1.807) is 4.90 Å². The smallest absolute Gasteiger partial charge is 0.336 e. The fraction of sp³-hybridized carbons (Fsp3) is 0.240. The molecule has 0 atom stereocenters. The van der Waals surface area contributed by atoms with Gasteiger partial charge in [0.15, 0.2) is 0 Å². The summed E-state index contributed by atoms with van der Waals surface area (Å²) >= 11 is 12.1. The standard InChI is InChI=1S/C25H21Cl2F3N2O/c26-21-8-4-17(5-9-21)23(18-6-10-22(27)11-7-18)31-12-14-32(15-13-31)24(33)19-2-1-3-20(16-19)25(28,29)30/h1-11,16,23H,12-15H2. The van der Waals surface area contributed by atoms with Gasteiger partial charge in [-0.3, -0.25) is 9.69 Å². The first kappa shape index (κ1) is 23.6. The van der Waals surface area contributed by atoms with Crippen molar-refractivity contribution in [3.05, 3.63) is 105 Å². The predicted molar refractivity (Wildman–Crippen MR) is 124 cm³/mol. The van der Waals surface area contributed by atoms with E-state index in [0.29, 0.717) is 36.2 Å². The van der Waals surface area contributed by atoms with Crippen molar-refractivity contribution < 1.29 is 18.0 Å². The second kappa shape index (κ2) is 9.75. The van der Waals surface area contributed by atoms with E-state index in [-0.39, 0.29) is 11.6 Å². The van der Waals surface area contributed by atoms with Crippen molar-refractivity contribution in [1.82, 2.24) is 9.80 Å². The number of hydrogen-bond acceptors (Lipinski definition) is 2. The minimum atomic E-state index is -4.49. The molecule has 3 nitrogen and oxygen atoms in total. The third kappa shape index (κ3) is 5.52. The van der Waals surface area contributed by atoms with Gasteiger partial charge < -0.3 is 4.90 Å². The third-order valence-corrected chi connectivity index (χ3v) is 6.28. The molecule has 0 saturated carbocycles. The van der Waals surface area contributed by atoms with Gasteiger partial charge in [0.1, 0.15) is 0 Å². The van der Waals surface area contributed by atoms with Crippen LogP contribution in [0.3, 0.4) is 0 Å². The number of amides is 1. The van der Waals surface area contributed by atoms with E-state index < -0.39 is 17.6 Å². The van der Waals surface area contributed by atoms with Crippen molar-refractivity contribution in [2.45, 2.75) is 12.2 Å². The number of benzene rings is 3. The highest BCUT2D eigenvalue weighted by molar-refractivity contribution is 6.30. The molecule has 33 heavy (non-hydrogen) atoms. The molecule has 3 aromatic carbocycles. The molecule has 0 radical (unpaired) electrons. The number of alkyl halides is 3. The second-order valence-electron chi connectivity index (χ2n) is 7.91. The van der Waals surface area contributed by atoms with Crippen LogP contribution in [0.2, 0.25) is 10.0 Å². The Labute approximate surface area is 200 Å².